The van der Waals surface area contributed by atoms with Gasteiger partial charge in [-0.2, -0.15) is 4.98 Å². The molecule has 0 saturated carbocycles. The zero-order valence-corrected chi connectivity index (χ0v) is 11.0. The fourth-order valence-corrected chi connectivity index (χ4v) is 1.95. The van der Waals surface area contributed by atoms with Crippen molar-refractivity contribution in [2.45, 2.75) is 6.54 Å². The van der Waals surface area contributed by atoms with E-state index in [1.54, 1.807) is 12.1 Å². The summed E-state index contributed by atoms with van der Waals surface area (Å²) in [5, 5.41) is 6.97. The summed E-state index contributed by atoms with van der Waals surface area (Å²) in [7, 11) is 1.96. The lowest BCUT2D eigenvalue weighted by Gasteiger charge is -2.13. The van der Waals surface area contributed by atoms with Gasteiger partial charge in [0.15, 0.2) is 5.96 Å². The molecule has 6 nitrogen and oxygen atoms in total. The third-order valence-electron chi connectivity index (χ3n) is 3.01. The number of guanidine groups is 1. The van der Waals surface area contributed by atoms with E-state index in [4.69, 9.17) is 4.52 Å². The number of nitrogens with one attached hydrogen (secondary N) is 1. The van der Waals surface area contributed by atoms with Crippen molar-refractivity contribution in [3.63, 3.8) is 0 Å². The lowest BCUT2D eigenvalue weighted by molar-refractivity contribution is 0.373. The van der Waals surface area contributed by atoms with Crippen LogP contribution in [0.4, 0.5) is 4.39 Å². The van der Waals surface area contributed by atoms with Crippen LogP contribution in [0.15, 0.2) is 33.8 Å². The van der Waals surface area contributed by atoms with Gasteiger partial charge >= 0.3 is 0 Å². The highest BCUT2D eigenvalue weighted by molar-refractivity contribution is 5.81. The van der Waals surface area contributed by atoms with E-state index >= 15 is 0 Å². The van der Waals surface area contributed by atoms with Crippen molar-refractivity contribution < 1.29 is 8.91 Å². The molecule has 20 heavy (non-hydrogen) atoms. The molecular formula is C13H14FN5O. The first kappa shape index (κ1) is 12.6. The zero-order valence-electron chi connectivity index (χ0n) is 11.0. The fourth-order valence-electron chi connectivity index (χ4n) is 1.95. The molecule has 1 aliphatic rings. The van der Waals surface area contributed by atoms with Crippen molar-refractivity contribution in [2.75, 3.05) is 20.1 Å². The Morgan fingerprint density at radius 2 is 2.35 bits per heavy atom. The first-order valence-electron chi connectivity index (χ1n) is 6.30. The van der Waals surface area contributed by atoms with E-state index in [1.807, 2.05) is 11.9 Å². The van der Waals surface area contributed by atoms with Gasteiger partial charge in [-0.05, 0) is 12.1 Å². The molecule has 0 bridgehead atoms. The zero-order chi connectivity index (χ0) is 13.9. The highest BCUT2D eigenvalue weighted by atomic mass is 19.1. The van der Waals surface area contributed by atoms with Crippen LogP contribution < -0.4 is 5.32 Å². The van der Waals surface area contributed by atoms with Gasteiger partial charge in [-0.3, -0.25) is 4.99 Å². The van der Waals surface area contributed by atoms with Gasteiger partial charge in [-0.15, -0.1) is 0 Å². The number of halogens is 1. The van der Waals surface area contributed by atoms with Crippen molar-refractivity contribution in [3.05, 3.63) is 36.0 Å². The van der Waals surface area contributed by atoms with E-state index < -0.39 is 0 Å². The van der Waals surface area contributed by atoms with E-state index in [-0.39, 0.29) is 5.82 Å². The molecule has 0 radical (unpaired) electrons. The van der Waals surface area contributed by atoms with Crippen LogP contribution in [0.2, 0.25) is 0 Å². The van der Waals surface area contributed by atoms with Crippen molar-refractivity contribution in [1.29, 1.82) is 0 Å². The molecule has 0 fully saturated rings. The van der Waals surface area contributed by atoms with Gasteiger partial charge in [0.1, 0.15) is 5.82 Å². The Balaban J connectivity index is 1.68. The summed E-state index contributed by atoms with van der Waals surface area (Å²) < 4.78 is 18.3. The molecule has 1 aromatic heterocycles. The summed E-state index contributed by atoms with van der Waals surface area (Å²) in [5.41, 5.74) is 0.593. The minimum Gasteiger partial charge on any atom is -0.347 e. The maximum Gasteiger partial charge on any atom is 0.246 e. The molecule has 0 saturated heterocycles. The Hall–Kier alpha value is -2.44. The van der Waals surface area contributed by atoms with Gasteiger partial charge in [0.05, 0.1) is 13.1 Å². The first-order valence-corrected chi connectivity index (χ1v) is 6.30. The second-order valence-electron chi connectivity index (χ2n) is 4.50. The van der Waals surface area contributed by atoms with Gasteiger partial charge in [-0.1, -0.05) is 17.3 Å². The lowest BCUT2D eigenvalue weighted by Crippen LogP contribution is -2.35. The molecule has 1 aliphatic heterocycles. The van der Waals surface area contributed by atoms with Gasteiger partial charge in [0.25, 0.3) is 0 Å². The minimum atomic E-state index is -0.325. The Labute approximate surface area is 115 Å². The van der Waals surface area contributed by atoms with Gasteiger partial charge in [0, 0.05) is 19.2 Å². The molecule has 0 spiro atoms. The molecular weight excluding hydrogens is 261 g/mol. The van der Waals surface area contributed by atoms with E-state index in [9.17, 15) is 4.39 Å². The van der Waals surface area contributed by atoms with Crippen LogP contribution in [0, 0.1) is 5.82 Å². The van der Waals surface area contributed by atoms with Crippen LogP contribution in [0.25, 0.3) is 11.4 Å². The third kappa shape index (κ3) is 2.61. The highest BCUT2D eigenvalue weighted by Gasteiger charge is 2.14. The number of nitrogens with zero attached hydrogens (tertiary/aromatic N) is 4. The SMILES string of the molecule is CN1CCN=C1NCc1nc(-c2cccc(F)c2)no1. The van der Waals surface area contributed by atoms with Crippen LogP contribution in [-0.2, 0) is 6.54 Å². The Kier molecular flexibility index (Phi) is 3.32. The molecule has 2 aromatic rings. The monoisotopic (exact) mass is 275 g/mol. The van der Waals surface area contributed by atoms with E-state index in [1.165, 1.54) is 12.1 Å². The van der Waals surface area contributed by atoms with Gasteiger partial charge in [-0.25, -0.2) is 4.39 Å². The highest BCUT2D eigenvalue weighted by Crippen LogP contribution is 2.16. The summed E-state index contributed by atoms with van der Waals surface area (Å²) in [6, 6.07) is 6.10. The van der Waals surface area contributed by atoms with E-state index in [2.05, 4.69) is 20.4 Å². The molecule has 104 valence electrons. The van der Waals surface area contributed by atoms with Crippen LogP contribution in [-0.4, -0.2) is 41.1 Å². The molecule has 3 rings (SSSR count). The van der Waals surface area contributed by atoms with Crippen molar-refractivity contribution in [2.24, 2.45) is 4.99 Å². The Bertz CT molecular complexity index is 639. The average Bonchev–Trinajstić information content (AvgIpc) is 3.05. The smallest absolute Gasteiger partial charge is 0.246 e. The number of benzene rings is 1. The summed E-state index contributed by atoms with van der Waals surface area (Å²) in [4.78, 5) is 10.5. The summed E-state index contributed by atoms with van der Waals surface area (Å²) in [5.74, 6) is 1.31. The number of hydrogen-bond donors (Lipinski definition) is 1. The minimum absolute atomic E-state index is 0.325. The average molecular weight is 275 g/mol. The molecule has 7 heteroatoms. The van der Waals surface area contributed by atoms with Crippen LogP contribution >= 0.6 is 0 Å². The predicted molar refractivity (Wildman–Crippen MR) is 71.5 cm³/mol. The van der Waals surface area contributed by atoms with Crippen LogP contribution in [0.1, 0.15) is 5.89 Å². The summed E-state index contributed by atoms with van der Waals surface area (Å²) in [6.07, 6.45) is 0. The number of hydrogen-bond acceptors (Lipinski definition) is 6. The molecule has 0 atom stereocenters. The summed E-state index contributed by atoms with van der Waals surface area (Å²) >= 11 is 0. The Morgan fingerprint density at radius 3 is 3.10 bits per heavy atom. The van der Waals surface area contributed by atoms with Crippen LogP contribution in [0.3, 0.4) is 0 Å². The number of likely N-dealkylation sites (N-methyl/N-ethyl adjacent to an activating group) is 1. The third-order valence-corrected chi connectivity index (χ3v) is 3.01. The van der Waals surface area contributed by atoms with E-state index in [0.717, 1.165) is 19.0 Å². The first-order chi connectivity index (χ1) is 9.72. The second-order valence-corrected chi connectivity index (χ2v) is 4.50. The molecule has 2 heterocycles. The normalized spacial score (nSPS) is 14.5. The molecule has 0 amide bonds. The van der Waals surface area contributed by atoms with Gasteiger partial charge < -0.3 is 14.7 Å². The van der Waals surface area contributed by atoms with Crippen LogP contribution in [0.5, 0.6) is 0 Å². The molecule has 1 N–H and O–H groups in total. The number of aromatic nitrogens is 2. The molecule has 0 aliphatic carbocycles. The topological polar surface area (TPSA) is 66.5 Å². The van der Waals surface area contributed by atoms with Gasteiger partial charge in [0.2, 0.25) is 11.7 Å². The number of aliphatic imine (C=N–C) groups is 1. The molecule has 0 unspecified atom stereocenters. The Morgan fingerprint density at radius 1 is 1.45 bits per heavy atom. The largest absolute Gasteiger partial charge is 0.347 e. The maximum atomic E-state index is 13.1. The number of rotatable bonds is 3. The van der Waals surface area contributed by atoms with E-state index in [0.29, 0.717) is 23.8 Å². The van der Waals surface area contributed by atoms with Crippen molar-refractivity contribution in [1.82, 2.24) is 20.4 Å². The van der Waals surface area contributed by atoms with Crippen molar-refractivity contribution >= 4 is 5.96 Å². The second kappa shape index (κ2) is 5.28. The molecule has 1 aromatic carbocycles. The van der Waals surface area contributed by atoms with Crippen molar-refractivity contribution in [3.8, 4) is 11.4 Å². The fraction of sp³-hybridized carbons (Fsp3) is 0.308. The lowest BCUT2D eigenvalue weighted by atomic mass is 10.2. The maximum absolute atomic E-state index is 13.1. The standard InChI is InChI=1S/C13H14FN5O/c1-19-6-5-15-13(19)16-8-11-17-12(18-20-11)9-3-2-4-10(14)7-9/h2-4,7H,5-6,8H2,1H3,(H,15,16). The summed E-state index contributed by atoms with van der Waals surface area (Å²) in [6.45, 7) is 2.09. The predicted octanol–water partition coefficient (Wildman–Crippen LogP) is 1.27. The quantitative estimate of drug-likeness (QED) is 0.913.